The van der Waals surface area contributed by atoms with Crippen LogP contribution in [0.5, 0.6) is 11.5 Å². The molecule has 3 aromatic carbocycles. The van der Waals surface area contributed by atoms with Gasteiger partial charge in [-0.05, 0) is 92.6 Å². The fourth-order valence-electron chi connectivity index (χ4n) is 10.3. The highest BCUT2D eigenvalue weighted by Crippen LogP contribution is 2.35. The van der Waals surface area contributed by atoms with Crippen LogP contribution in [-0.2, 0) is 60.7 Å². The highest BCUT2D eigenvalue weighted by molar-refractivity contribution is 7.43. The summed E-state index contributed by atoms with van der Waals surface area (Å²) in [6.07, 6.45) is 0.393. The molecule has 1 aliphatic rings. The van der Waals surface area contributed by atoms with Crippen LogP contribution in [-0.4, -0.2) is 201 Å². The summed E-state index contributed by atoms with van der Waals surface area (Å²) in [5.41, 5.74) is 13.1. The van der Waals surface area contributed by atoms with Crippen LogP contribution < -0.4 is 36.9 Å². The quantitative estimate of drug-likeness (QED) is 0.0259. The maximum absolute atomic E-state index is 13.8. The minimum Gasteiger partial charge on any atom is -0.493 e. The van der Waals surface area contributed by atoms with E-state index < -0.39 is 62.8 Å². The molecule has 6 amide bonds. The van der Waals surface area contributed by atoms with E-state index in [-0.39, 0.29) is 110 Å². The molecule has 11 unspecified atom stereocenters. The van der Waals surface area contributed by atoms with Gasteiger partial charge in [-0.2, -0.15) is 0 Å². The first-order valence-corrected chi connectivity index (χ1v) is 32.1. The Bertz CT molecular complexity index is 2730. The zero-order chi connectivity index (χ0) is 69.4. The molecule has 3 aromatic rings. The summed E-state index contributed by atoms with van der Waals surface area (Å²) >= 11 is 0. The highest BCUT2D eigenvalue weighted by atomic mass is 31.2. The molecule has 0 spiro atoms. The molecule has 1 fully saturated rings. The van der Waals surface area contributed by atoms with Crippen LogP contribution in [0.2, 0.25) is 0 Å². The van der Waals surface area contributed by atoms with Crippen LogP contribution in [0.3, 0.4) is 0 Å². The van der Waals surface area contributed by atoms with Crippen LogP contribution in [0.1, 0.15) is 127 Å². The largest absolute Gasteiger partial charge is 0.493 e. The van der Waals surface area contributed by atoms with Crippen molar-refractivity contribution in [1.29, 1.82) is 0 Å². The third-order valence-electron chi connectivity index (χ3n) is 15.9. The number of primary amides is 1. The molecule has 1 saturated heterocycles. The number of aliphatic hydroxyl groups excluding tert-OH is 1. The van der Waals surface area contributed by atoms with Crippen LogP contribution in [0, 0.1) is 23.7 Å². The van der Waals surface area contributed by atoms with Gasteiger partial charge in [0.2, 0.25) is 23.6 Å². The summed E-state index contributed by atoms with van der Waals surface area (Å²) in [6.45, 7) is 17.2. The number of hydrogen-bond donors (Lipinski definition) is 8. The van der Waals surface area contributed by atoms with Gasteiger partial charge in [0, 0.05) is 72.9 Å². The molecule has 516 valence electrons. The molecule has 0 bridgehead atoms. The van der Waals surface area contributed by atoms with Crippen LogP contribution >= 0.6 is 8.53 Å². The van der Waals surface area contributed by atoms with Crippen molar-refractivity contribution in [3.8, 4) is 11.5 Å². The van der Waals surface area contributed by atoms with E-state index in [1.54, 1.807) is 83.5 Å². The number of aliphatic hydroxyl groups is 1. The van der Waals surface area contributed by atoms with Crippen molar-refractivity contribution in [2.75, 3.05) is 75.8 Å². The van der Waals surface area contributed by atoms with Crippen LogP contribution in [0.4, 0.5) is 4.79 Å². The summed E-state index contributed by atoms with van der Waals surface area (Å²) in [5, 5.41) is 28.4. The Kier molecular flexibility index (Phi) is 37.4. The van der Waals surface area contributed by atoms with Gasteiger partial charge in [-0.3, -0.25) is 28.8 Å². The number of carbonyl (C=O) groups excluding carboxylic acids is 7. The van der Waals surface area contributed by atoms with Gasteiger partial charge in [0.25, 0.3) is 20.9 Å². The lowest BCUT2D eigenvalue weighted by Gasteiger charge is -2.39. The van der Waals surface area contributed by atoms with E-state index >= 15 is 0 Å². The number of benzene rings is 3. The Labute approximate surface area is 544 Å². The predicted molar refractivity (Wildman–Crippen MR) is 350 cm³/mol. The van der Waals surface area contributed by atoms with E-state index in [1.165, 1.54) is 29.8 Å². The molecule has 27 heteroatoms. The highest BCUT2D eigenvalue weighted by Gasteiger charge is 2.42. The molecule has 1 heterocycles. The molecule has 4 rings (SSSR count). The number of nitrogens with two attached hydrogens (primary N) is 2. The van der Waals surface area contributed by atoms with Gasteiger partial charge in [-0.1, -0.05) is 103 Å². The van der Waals surface area contributed by atoms with Gasteiger partial charge < -0.3 is 85.4 Å². The topological polar surface area (TPSA) is 354 Å². The Morgan fingerprint density at radius 1 is 0.848 bits per heavy atom. The monoisotopic (exact) mass is 1310 g/mol. The van der Waals surface area contributed by atoms with Gasteiger partial charge in [0.05, 0.1) is 68.5 Å². The molecule has 26 nitrogen and oxygen atoms in total. The summed E-state index contributed by atoms with van der Waals surface area (Å²) in [6, 6.07) is 18.0. The summed E-state index contributed by atoms with van der Waals surface area (Å²) in [4.78, 5) is 113. The van der Waals surface area contributed by atoms with Gasteiger partial charge in [-0.25, -0.2) is 14.3 Å². The van der Waals surface area contributed by atoms with E-state index in [0.717, 1.165) is 30.4 Å². The van der Waals surface area contributed by atoms with Crippen LogP contribution in [0.25, 0.3) is 0 Å². The molecular weight excluding hydrogens is 1210 g/mol. The lowest BCUT2D eigenvalue weighted by Crippen LogP contribution is -2.53. The first kappa shape index (κ1) is 81.2. The lowest BCUT2D eigenvalue weighted by molar-refractivity contribution is -0.146. The number of amides is 6. The average Bonchev–Trinajstić information content (AvgIpc) is 1.85. The minimum atomic E-state index is -2.10. The molecule has 11 atom stereocenters. The van der Waals surface area contributed by atoms with Crippen molar-refractivity contribution >= 4 is 56.6 Å². The van der Waals surface area contributed by atoms with Crippen molar-refractivity contribution in [1.82, 2.24) is 35.3 Å². The normalized spacial score (nSPS) is 16.1. The number of methoxy groups -OCH3 is 3. The van der Waals surface area contributed by atoms with E-state index in [2.05, 4.69) is 29.8 Å². The Morgan fingerprint density at radius 2 is 1.49 bits per heavy atom. The second-order valence-corrected chi connectivity index (χ2v) is 25.0. The average molecular weight is 1310 g/mol. The van der Waals surface area contributed by atoms with E-state index in [0.29, 0.717) is 37.1 Å². The van der Waals surface area contributed by atoms with Crippen LogP contribution in [0.15, 0.2) is 72.8 Å². The standard InChI is InChI=1S/C33H55N3O6.C26H35N4O10P.C6H14N2O/c1-10-22(4)30(35(7)28(37)19-21(2)3)27(41-8)20-29(38)36-18-14-17-26(36)32(42-9)23(5)33(40)34-24(6)31(39)25-15-12-11-13-16-25;1-29(26(35)40-22-9-6-19(16-38-17-31)14-23(22)37-3)11-12-30(2)41(36)39-13-10-21(25(33)34)28-24(32)20-7-4-18(15-27)5-8-20;1-4(2)5(8-3)6(7)9/h11-13,15-16,21-24,26-27,30-32,39H,10,14,17-20H2,1-9H3,(H,34,40);4-9,14,17,21,36H,10-13,15-16,27H2,1-3H3,(H,28,32)(H,33,34);4-5,8H,1-3H3,(H2,7,9). The number of aliphatic carboxylic acids is 1. The molecule has 92 heavy (non-hydrogen) atoms. The minimum absolute atomic E-state index is 0.0438. The van der Waals surface area contributed by atoms with Crippen molar-refractivity contribution in [2.45, 2.75) is 156 Å². The summed E-state index contributed by atoms with van der Waals surface area (Å²) in [5.74, 6) is -1.78. The first-order chi connectivity index (χ1) is 43.5. The molecule has 0 aromatic heterocycles. The zero-order valence-corrected chi connectivity index (χ0v) is 57.3. The first-order valence-electron chi connectivity index (χ1n) is 31.0. The van der Waals surface area contributed by atoms with Crippen molar-refractivity contribution in [2.24, 2.45) is 35.1 Å². The van der Waals surface area contributed by atoms with E-state index in [9.17, 15) is 53.5 Å². The molecule has 0 radical (unpaired) electrons. The Balaban J connectivity index is 0.000000552. The molecule has 1 aliphatic heterocycles. The Morgan fingerprint density at radius 3 is 2.01 bits per heavy atom. The molecule has 0 saturated carbocycles. The number of hydrogen-bond acceptors (Lipinski definition) is 19. The van der Waals surface area contributed by atoms with E-state index in [1.807, 2.05) is 70.0 Å². The zero-order valence-electron chi connectivity index (χ0n) is 56.4. The lowest BCUT2D eigenvalue weighted by atomic mass is 9.90. The third-order valence-corrected chi connectivity index (χ3v) is 17.1. The smallest absolute Gasteiger partial charge is 0.415 e. The SMILES string of the molecule is CCC(C)C(C(CC(=O)N1CCCC1C(OC)C(C)C(=O)NC(C)C(O)c1ccccc1)OC)N(C)C(=O)CC(C)C.CNC(C(N)=O)C(C)C.COc1cc(COC=O)ccc1OC(=O)N(C)CCN(C)P(O)OCCC(NC(=O)c1ccc(CN)cc1)C(=O)O. The maximum Gasteiger partial charge on any atom is 0.415 e. The number of likely N-dealkylation sites (tertiary alicyclic amines) is 1. The fraction of sp³-hybridized carbons (Fsp3) is 0.600. The molecular formula is C65H104N9O17P. The van der Waals surface area contributed by atoms with Crippen molar-refractivity contribution in [3.63, 3.8) is 0 Å². The summed E-state index contributed by atoms with van der Waals surface area (Å²) in [7, 11) is 9.13. The fourth-order valence-corrected chi connectivity index (χ4v) is 11.0. The summed E-state index contributed by atoms with van der Waals surface area (Å²) < 4.78 is 33.9. The molecule has 10 N–H and O–H groups in total. The number of nitrogens with zero attached hydrogens (tertiary/aromatic N) is 4. The van der Waals surface area contributed by atoms with E-state index in [4.69, 9.17) is 39.7 Å². The maximum atomic E-state index is 13.8. The second-order valence-electron chi connectivity index (χ2n) is 23.5. The predicted octanol–water partition coefficient (Wildman–Crippen LogP) is 5.61. The molecule has 0 aliphatic carbocycles. The number of carboxylic acids is 1. The van der Waals surface area contributed by atoms with Crippen molar-refractivity contribution < 1.29 is 81.7 Å². The van der Waals surface area contributed by atoms with Gasteiger partial charge in [0.15, 0.2) is 11.5 Å². The number of carboxylic acid groups (broad SMARTS) is 1. The van der Waals surface area contributed by atoms with Gasteiger partial charge in [-0.15, -0.1) is 0 Å². The Hall–Kier alpha value is -6.87. The second kappa shape index (κ2) is 42.4. The number of carbonyl (C=O) groups is 8. The van der Waals surface area contributed by atoms with Gasteiger partial charge >= 0.3 is 12.1 Å². The van der Waals surface area contributed by atoms with Gasteiger partial charge in [0.1, 0.15) is 12.6 Å². The third kappa shape index (κ3) is 26.6. The number of ether oxygens (including phenoxy) is 5. The number of nitrogens with one attached hydrogen (secondary N) is 3. The number of likely N-dealkylation sites (N-methyl/N-ethyl adjacent to an activating group) is 4. The van der Waals surface area contributed by atoms with Crippen molar-refractivity contribution in [3.05, 3.63) is 95.1 Å². The number of rotatable bonds is 36.